The van der Waals surface area contributed by atoms with Crippen molar-refractivity contribution >= 4 is 35.1 Å². The smallest absolute Gasteiger partial charge is 0.362 e. The number of benzene rings is 1. The molecule has 1 N–H and O–H groups in total. The summed E-state index contributed by atoms with van der Waals surface area (Å²) in [4.78, 5) is 0.659. The van der Waals surface area contributed by atoms with Gasteiger partial charge < -0.3 is 5.32 Å². The van der Waals surface area contributed by atoms with Crippen LogP contribution >= 0.6 is 23.3 Å². The number of nitrogens with zero attached hydrogens (tertiary/aromatic N) is 2. The molecule has 3 nitrogen and oxygen atoms in total. The Hall–Kier alpha value is -1.98. The van der Waals surface area contributed by atoms with E-state index in [1.807, 2.05) is 6.26 Å². The van der Waals surface area contributed by atoms with Crippen LogP contribution in [-0.2, 0) is 6.18 Å². The molecule has 0 amide bonds. The van der Waals surface area contributed by atoms with E-state index >= 15 is 0 Å². The number of halogens is 3. The Morgan fingerprint density at radius 3 is 2.82 bits per heavy atom. The van der Waals surface area contributed by atoms with Gasteiger partial charge in [0.25, 0.3) is 0 Å². The average molecular weight is 341 g/mol. The highest BCUT2D eigenvalue weighted by atomic mass is 32.2. The summed E-state index contributed by atoms with van der Waals surface area (Å²) in [6.45, 7) is 0. The summed E-state index contributed by atoms with van der Waals surface area (Å²) in [6.07, 6.45) is 0.564. The number of nitrogens with one attached hydrogen (secondary N) is 1. The van der Waals surface area contributed by atoms with Gasteiger partial charge in [-0.2, -0.15) is 22.8 Å². The van der Waals surface area contributed by atoms with Crippen molar-refractivity contribution in [1.82, 2.24) is 4.37 Å². The first-order chi connectivity index (χ1) is 10.5. The Labute approximate surface area is 133 Å². The van der Waals surface area contributed by atoms with Crippen LogP contribution in [-0.4, -0.2) is 10.6 Å². The molecule has 1 aromatic heterocycles. The van der Waals surface area contributed by atoms with Crippen LogP contribution in [0.15, 0.2) is 35.5 Å². The number of alkyl halides is 3. The van der Waals surface area contributed by atoms with Crippen molar-refractivity contribution in [3.8, 4) is 6.07 Å². The van der Waals surface area contributed by atoms with E-state index < -0.39 is 11.7 Å². The Bertz CT molecular complexity index is 730. The molecule has 0 aliphatic rings. The van der Waals surface area contributed by atoms with Crippen molar-refractivity contribution in [2.45, 2.75) is 11.2 Å². The highest BCUT2D eigenvalue weighted by molar-refractivity contribution is 7.98. The number of hydrogen-bond acceptors (Lipinski definition) is 5. The Kier molecular flexibility index (Phi) is 5.11. The molecule has 0 aliphatic heterocycles. The minimum absolute atomic E-state index is 0.319. The van der Waals surface area contributed by atoms with Gasteiger partial charge >= 0.3 is 6.18 Å². The van der Waals surface area contributed by atoms with Crippen LogP contribution in [0.2, 0.25) is 0 Å². The maximum atomic E-state index is 12.6. The summed E-state index contributed by atoms with van der Waals surface area (Å²) < 4.78 is 41.9. The molecule has 1 heterocycles. The quantitative estimate of drug-likeness (QED) is 0.809. The number of thioether (sulfide) groups is 1. The largest absolute Gasteiger partial charge is 0.416 e. The molecule has 0 saturated heterocycles. The van der Waals surface area contributed by atoms with Crippen molar-refractivity contribution in [3.05, 3.63) is 46.5 Å². The number of aromatic nitrogens is 1. The molecule has 0 radical (unpaired) electrons. The predicted octanol–water partition coefficient (Wildman–Crippen LogP) is 4.84. The summed E-state index contributed by atoms with van der Waals surface area (Å²) in [5.41, 5.74) is 0.0739. The highest BCUT2D eigenvalue weighted by Gasteiger charge is 2.30. The van der Waals surface area contributed by atoms with E-state index in [9.17, 15) is 13.2 Å². The van der Waals surface area contributed by atoms with E-state index in [1.165, 1.54) is 41.6 Å². The molecule has 0 aliphatic carbocycles. The van der Waals surface area contributed by atoms with E-state index in [0.29, 0.717) is 21.2 Å². The molecule has 2 aromatic rings. The monoisotopic (exact) mass is 341 g/mol. The lowest BCUT2D eigenvalue weighted by atomic mass is 10.2. The predicted molar refractivity (Wildman–Crippen MR) is 82.7 cm³/mol. The van der Waals surface area contributed by atoms with E-state index in [-0.39, 0.29) is 0 Å². The maximum Gasteiger partial charge on any atom is 0.416 e. The molecule has 1 aromatic carbocycles. The summed E-state index contributed by atoms with van der Waals surface area (Å²) in [5.74, 6) is 0. The van der Waals surface area contributed by atoms with Gasteiger partial charge in [0, 0.05) is 11.9 Å². The number of nitriles is 1. The second kappa shape index (κ2) is 6.85. The summed E-state index contributed by atoms with van der Waals surface area (Å²) in [7, 11) is 0. The normalized spacial score (nSPS) is 11.6. The van der Waals surface area contributed by atoms with Gasteiger partial charge in [-0.25, -0.2) is 0 Å². The first-order valence-electron chi connectivity index (χ1n) is 6.00. The molecular weight excluding hydrogens is 331 g/mol. The van der Waals surface area contributed by atoms with Crippen molar-refractivity contribution in [3.63, 3.8) is 0 Å². The maximum absolute atomic E-state index is 12.6. The molecular formula is C14H10F3N3S2. The van der Waals surface area contributed by atoms with Crippen LogP contribution < -0.4 is 5.32 Å². The molecule has 2 rings (SSSR count). The molecule has 0 unspecified atom stereocenters. The second-order valence-corrected chi connectivity index (χ2v) is 5.70. The lowest BCUT2D eigenvalue weighted by Crippen LogP contribution is -2.04. The molecule has 22 heavy (non-hydrogen) atoms. The van der Waals surface area contributed by atoms with Crippen LogP contribution in [0.1, 0.15) is 16.0 Å². The SMILES string of the molecule is CSc1nsc(/C=C/Nc2cccc(C(F)(F)F)c2)c1C#N. The minimum atomic E-state index is -4.37. The number of rotatable bonds is 4. The van der Waals surface area contributed by atoms with Gasteiger partial charge in [0.05, 0.1) is 10.4 Å². The molecule has 114 valence electrons. The third kappa shape index (κ3) is 3.81. The Balaban J connectivity index is 2.14. The van der Waals surface area contributed by atoms with Gasteiger partial charge in [-0.1, -0.05) is 6.07 Å². The fourth-order valence-corrected chi connectivity index (χ4v) is 3.11. The molecule has 0 bridgehead atoms. The average Bonchev–Trinajstić information content (AvgIpc) is 2.88. The lowest BCUT2D eigenvalue weighted by molar-refractivity contribution is -0.137. The van der Waals surface area contributed by atoms with Crippen LogP contribution in [0.5, 0.6) is 0 Å². The van der Waals surface area contributed by atoms with Crippen molar-refractivity contribution in [1.29, 1.82) is 5.26 Å². The first kappa shape index (κ1) is 16.4. The Morgan fingerprint density at radius 2 is 2.18 bits per heavy atom. The summed E-state index contributed by atoms with van der Waals surface area (Å²) in [6, 6.07) is 6.97. The first-order valence-corrected chi connectivity index (χ1v) is 7.99. The fraction of sp³-hybridized carbons (Fsp3) is 0.143. The topological polar surface area (TPSA) is 48.7 Å². The number of hydrogen-bond donors (Lipinski definition) is 1. The van der Waals surface area contributed by atoms with Crippen molar-refractivity contribution in [2.75, 3.05) is 11.6 Å². The summed E-state index contributed by atoms with van der Waals surface area (Å²) >= 11 is 2.54. The highest BCUT2D eigenvalue weighted by Crippen LogP contribution is 2.31. The van der Waals surface area contributed by atoms with Gasteiger partial charge in [-0.3, -0.25) is 0 Å². The van der Waals surface area contributed by atoms with E-state index in [2.05, 4.69) is 15.8 Å². The zero-order chi connectivity index (χ0) is 16.2. The zero-order valence-corrected chi connectivity index (χ0v) is 12.9. The zero-order valence-electron chi connectivity index (χ0n) is 11.3. The standard InChI is InChI=1S/C14H10F3N3S2/c1-21-13-11(8-18)12(22-20-13)5-6-19-10-4-2-3-9(7-10)14(15,16)17/h2-7,19H,1H3/b6-5+. The third-order valence-corrected chi connectivity index (χ3v) is 4.28. The molecule has 0 atom stereocenters. The van der Waals surface area contributed by atoms with Crippen LogP contribution in [0.4, 0.5) is 18.9 Å². The summed E-state index contributed by atoms with van der Waals surface area (Å²) in [5, 5.41) is 12.5. The Morgan fingerprint density at radius 1 is 1.41 bits per heavy atom. The fourth-order valence-electron chi connectivity index (χ4n) is 1.64. The van der Waals surface area contributed by atoms with Gasteiger partial charge in [-0.05, 0) is 42.1 Å². The molecule has 0 fully saturated rings. The molecule has 0 spiro atoms. The van der Waals surface area contributed by atoms with Gasteiger partial charge in [0.1, 0.15) is 16.7 Å². The molecule has 0 saturated carbocycles. The van der Waals surface area contributed by atoms with Crippen LogP contribution in [0.3, 0.4) is 0 Å². The van der Waals surface area contributed by atoms with Gasteiger partial charge in [-0.15, -0.1) is 11.8 Å². The van der Waals surface area contributed by atoms with Crippen molar-refractivity contribution < 1.29 is 13.2 Å². The minimum Gasteiger partial charge on any atom is -0.362 e. The van der Waals surface area contributed by atoms with Gasteiger partial charge in [0.15, 0.2) is 0 Å². The number of anilines is 1. The second-order valence-electron chi connectivity index (χ2n) is 4.10. The van der Waals surface area contributed by atoms with E-state index in [0.717, 1.165) is 12.1 Å². The van der Waals surface area contributed by atoms with Gasteiger partial charge in [0.2, 0.25) is 0 Å². The van der Waals surface area contributed by atoms with Crippen LogP contribution in [0.25, 0.3) is 6.08 Å². The third-order valence-electron chi connectivity index (χ3n) is 2.67. The van der Waals surface area contributed by atoms with Crippen molar-refractivity contribution in [2.24, 2.45) is 0 Å². The van der Waals surface area contributed by atoms with E-state index in [4.69, 9.17) is 5.26 Å². The van der Waals surface area contributed by atoms with Crippen LogP contribution in [0, 0.1) is 11.3 Å². The molecule has 8 heteroatoms. The lowest BCUT2D eigenvalue weighted by Gasteiger charge is -2.08. The van der Waals surface area contributed by atoms with E-state index in [1.54, 1.807) is 6.08 Å².